The molecule has 1 N–H and O–H groups in total. The molecule has 1 fully saturated rings. The van der Waals surface area contributed by atoms with E-state index in [-0.39, 0.29) is 5.25 Å². The topological polar surface area (TPSA) is 59.1 Å². The molecule has 0 saturated heterocycles. The van der Waals surface area contributed by atoms with Gasteiger partial charge in [-0.2, -0.15) is 0 Å². The average molecular weight is 210 g/mol. The fourth-order valence-corrected chi connectivity index (χ4v) is 2.54. The van der Waals surface area contributed by atoms with Gasteiger partial charge in [0.15, 0.2) is 7.85 Å². The SMILES string of the molecule is Bc1cccc(NS(=O)(=O)C2CC2)n1. The molecule has 0 spiro atoms. The Bertz CT molecular complexity index is 442. The molecule has 1 aliphatic rings. The Morgan fingerprint density at radius 2 is 2.14 bits per heavy atom. The minimum Gasteiger partial charge on any atom is -0.267 e. The van der Waals surface area contributed by atoms with Gasteiger partial charge in [-0.15, -0.1) is 0 Å². The highest BCUT2D eigenvalue weighted by atomic mass is 32.2. The summed E-state index contributed by atoms with van der Waals surface area (Å²) in [4.78, 5) is 4.08. The van der Waals surface area contributed by atoms with Gasteiger partial charge in [-0.1, -0.05) is 12.1 Å². The molecule has 0 atom stereocenters. The highest BCUT2D eigenvalue weighted by molar-refractivity contribution is 7.93. The van der Waals surface area contributed by atoms with Gasteiger partial charge in [0.1, 0.15) is 5.82 Å². The maximum atomic E-state index is 11.5. The Labute approximate surface area is 84.2 Å². The standard InChI is InChI=1S/C8H11BN2O2S/c9-7-2-1-3-8(10-7)11-14(12,13)6-4-5-6/h1-3,6H,4-5,9H2,(H,10,11). The van der Waals surface area contributed by atoms with Crippen LogP contribution in [0.2, 0.25) is 0 Å². The van der Waals surface area contributed by atoms with Crippen molar-refractivity contribution in [3.05, 3.63) is 18.2 Å². The lowest BCUT2D eigenvalue weighted by Crippen LogP contribution is -2.20. The molecule has 6 heteroatoms. The summed E-state index contributed by atoms with van der Waals surface area (Å²) in [5.74, 6) is 0.414. The molecule has 0 radical (unpaired) electrons. The highest BCUT2D eigenvalue weighted by Crippen LogP contribution is 2.28. The zero-order valence-electron chi connectivity index (χ0n) is 7.90. The fraction of sp³-hybridized carbons (Fsp3) is 0.375. The molecule has 0 aliphatic heterocycles. The lowest BCUT2D eigenvalue weighted by molar-refractivity contribution is 0.600. The molecule has 4 nitrogen and oxygen atoms in total. The molecule has 1 heterocycles. The second-order valence-corrected chi connectivity index (χ2v) is 5.47. The second-order valence-electron chi connectivity index (χ2n) is 3.51. The molecular weight excluding hydrogens is 199 g/mol. The van der Waals surface area contributed by atoms with E-state index >= 15 is 0 Å². The van der Waals surface area contributed by atoms with Crippen LogP contribution in [0, 0.1) is 0 Å². The Hall–Kier alpha value is -1.04. The average Bonchev–Trinajstić information content (AvgIpc) is 2.84. The van der Waals surface area contributed by atoms with Gasteiger partial charge in [0.05, 0.1) is 5.25 Å². The Balaban J connectivity index is 2.18. The fourth-order valence-electron chi connectivity index (χ4n) is 1.21. The normalized spacial score (nSPS) is 16.6. The van der Waals surface area contributed by atoms with E-state index in [4.69, 9.17) is 0 Å². The summed E-state index contributed by atoms with van der Waals surface area (Å²) in [6.45, 7) is 0. The van der Waals surface area contributed by atoms with Gasteiger partial charge >= 0.3 is 0 Å². The summed E-state index contributed by atoms with van der Waals surface area (Å²) in [6.07, 6.45) is 1.53. The van der Waals surface area contributed by atoms with Crippen LogP contribution in [0.4, 0.5) is 5.82 Å². The van der Waals surface area contributed by atoms with Crippen LogP contribution in [0.15, 0.2) is 18.2 Å². The molecule has 0 amide bonds. The van der Waals surface area contributed by atoms with Crippen LogP contribution >= 0.6 is 0 Å². The minimum atomic E-state index is -3.17. The quantitative estimate of drug-likeness (QED) is 0.667. The van der Waals surface area contributed by atoms with Gasteiger partial charge < -0.3 is 0 Å². The Morgan fingerprint density at radius 3 is 2.71 bits per heavy atom. The monoisotopic (exact) mass is 210 g/mol. The van der Waals surface area contributed by atoms with E-state index in [2.05, 4.69) is 9.71 Å². The third-order valence-corrected chi connectivity index (χ3v) is 3.94. The van der Waals surface area contributed by atoms with E-state index in [1.54, 1.807) is 12.1 Å². The van der Waals surface area contributed by atoms with E-state index in [0.717, 1.165) is 18.4 Å². The molecule has 1 aliphatic carbocycles. The van der Waals surface area contributed by atoms with Crippen molar-refractivity contribution in [3.8, 4) is 0 Å². The minimum absolute atomic E-state index is 0.204. The van der Waals surface area contributed by atoms with E-state index in [0.29, 0.717) is 5.82 Å². The number of anilines is 1. The molecule has 1 aromatic rings. The first-order valence-corrected chi connectivity index (χ1v) is 6.08. The van der Waals surface area contributed by atoms with Gasteiger partial charge in [-0.3, -0.25) is 4.72 Å². The Kier molecular flexibility index (Phi) is 2.22. The number of hydrogen-bond acceptors (Lipinski definition) is 3. The number of hydrogen-bond donors (Lipinski definition) is 1. The third-order valence-electron chi connectivity index (χ3n) is 2.10. The zero-order chi connectivity index (χ0) is 10.2. The summed E-state index contributed by atoms with van der Waals surface area (Å²) in [6, 6.07) is 5.27. The van der Waals surface area contributed by atoms with E-state index in [1.165, 1.54) is 0 Å². The van der Waals surface area contributed by atoms with E-state index in [9.17, 15) is 8.42 Å². The van der Waals surface area contributed by atoms with Crippen molar-refractivity contribution in [1.82, 2.24) is 4.98 Å². The van der Waals surface area contributed by atoms with E-state index in [1.807, 2.05) is 13.9 Å². The van der Waals surface area contributed by atoms with Crippen LogP contribution in [-0.4, -0.2) is 26.5 Å². The predicted molar refractivity (Wildman–Crippen MR) is 58.0 cm³/mol. The van der Waals surface area contributed by atoms with Crippen molar-refractivity contribution >= 4 is 29.3 Å². The molecule has 1 saturated carbocycles. The molecule has 74 valence electrons. The number of aromatic nitrogens is 1. The lowest BCUT2D eigenvalue weighted by Gasteiger charge is -2.05. The van der Waals surface area contributed by atoms with E-state index < -0.39 is 10.0 Å². The largest absolute Gasteiger partial charge is 0.267 e. The van der Waals surface area contributed by atoms with Gasteiger partial charge in [0, 0.05) is 0 Å². The van der Waals surface area contributed by atoms with Crippen molar-refractivity contribution < 1.29 is 8.42 Å². The van der Waals surface area contributed by atoms with Crippen LogP contribution in [0.1, 0.15) is 12.8 Å². The predicted octanol–water partition coefficient (Wildman–Crippen LogP) is -0.756. The number of rotatable bonds is 3. The smallest absolute Gasteiger partial charge is 0.236 e. The number of nitrogens with zero attached hydrogens (tertiary/aromatic N) is 1. The highest BCUT2D eigenvalue weighted by Gasteiger charge is 2.35. The van der Waals surface area contributed by atoms with Gasteiger partial charge in [0.2, 0.25) is 10.0 Å². The zero-order valence-corrected chi connectivity index (χ0v) is 8.71. The summed E-state index contributed by atoms with van der Waals surface area (Å²) in [5.41, 5.74) is 0.806. The molecular formula is C8H11BN2O2S. The van der Waals surface area contributed by atoms with Gasteiger partial charge in [0.25, 0.3) is 0 Å². The molecule has 0 unspecified atom stereocenters. The van der Waals surface area contributed by atoms with Crippen LogP contribution in [-0.2, 0) is 10.0 Å². The summed E-state index contributed by atoms with van der Waals surface area (Å²) < 4.78 is 25.5. The van der Waals surface area contributed by atoms with Crippen molar-refractivity contribution in [3.63, 3.8) is 0 Å². The summed E-state index contributed by atoms with van der Waals surface area (Å²) in [5, 5.41) is -0.204. The molecule has 1 aromatic heterocycles. The first-order valence-electron chi connectivity index (χ1n) is 4.53. The first kappa shape index (κ1) is 9.52. The second kappa shape index (κ2) is 3.27. The van der Waals surface area contributed by atoms with Crippen LogP contribution in [0.3, 0.4) is 0 Å². The van der Waals surface area contributed by atoms with Crippen LogP contribution in [0.25, 0.3) is 0 Å². The van der Waals surface area contributed by atoms with Crippen LogP contribution < -0.4 is 10.3 Å². The summed E-state index contributed by atoms with van der Waals surface area (Å²) in [7, 11) is -1.34. The Morgan fingerprint density at radius 1 is 1.43 bits per heavy atom. The molecule has 14 heavy (non-hydrogen) atoms. The van der Waals surface area contributed by atoms with Crippen molar-refractivity contribution in [2.24, 2.45) is 0 Å². The maximum Gasteiger partial charge on any atom is 0.236 e. The van der Waals surface area contributed by atoms with Crippen molar-refractivity contribution in [2.75, 3.05) is 4.72 Å². The number of pyridine rings is 1. The third kappa shape index (κ3) is 2.06. The molecule has 0 aromatic carbocycles. The molecule has 2 rings (SSSR count). The lowest BCUT2D eigenvalue weighted by atomic mass is 10.0. The summed E-state index contributed by atoms with van der Waals surface area (Å²) >= 11 is 0. The van der Waals surface area contributed by atoms with Gasteiger partial charge in [-0.05, 0) is 24.5 Å². The first-order chi connectivity index (χ1) is 6.58. The van der Waals surface area contributed by atoms with Crippen molar-refractivity contribution in [2.45, 2.75) is 18.1 Å². The van der Waals surface area contributed by atoms with Crippen molar-refractivity contribution in [1.29, 1.82) is 0 Å². The number of nitrogens with one attached hydrogen (secondary N) is 1. The number of sulfonamides is 1. The molecule has 0 bridgehead atoms. The maximum absolute atomic E-state index is 11.5. The van der Waals surface area contributed by atoms with Gasteiger partial charge in [-0.25, -0.2) is 13.4 Å². The van der Waals surface area contributed by atoms with Crippen LogP contribution in [0.5, 0.6) is 0 Å².